The van der Waals surface area contributed by atoms with Crippen molar-refractivity contribution < 1.29 is 27.4 Å². The number of hydrogen-bond acceptors (Lipinski definition) is 6. The third-order valence-electron chi connectivity index (χ3n) is 5.52. The lowest BCUT2D eigenvalue weighted by Crippen LogP contribution is -2.50. The summed E-state index contributed by atoms with van der Waals surface area (Å²) in [6.07, 6.45) is 1.16. The molecule has 10 heteroatoms. The first kappa shape index (κ1) is 24.2. The molecule has 0 unspecified atom stereocenters. The first-order valence-electron chi connectivity index (χ1n) is 10.1. The van der Waals surface area contributed by atoms with Crippen LogP contribution in [0.1, 0.15) is 19.3 Å². The van der Waals surface area contributed by atoms with Crippen molar-refractivity contribution in [2.24, 2.45) is 11.1 Å². The van der Waals surface area contributed by atoms with E-state index in [1.165, 1.54) is 24.6 Å². The molecule has 3 rings (SSSR count). The number of amides is 1. The maximum absolute atomic E-state index is 13.5. The zero-order chi connectivity index (χ0) is 23.4. The molecule has 174 valence electrons. The molecule has 2 aromatic carbocycles. The molecule has 1 amide bonds. The van der Waals surface area contributed by atoms with Crippen LogP contribution in [0.25, 0.3) is 0 Å². The third-order valence-corrected chi connectivity index (χ3v) is 7.64. The summed E-state index contributed by atoms with van der Waals surface area (Å²) in [6.45, 7) is 0.537. The fourth-order valence-electron chi connectivity index (χ4n) is 3.94. The molecule has 8 nitrogen and oxygen atoms in total. The fourth-order valence-corrected chi connectivity index (χ4v) is 5.83. The van der Waals surface area contributed by atoms with Crippen molar-refractivity contribution in [3.63, 3.8) is 0 Å². The Bertz CT molecular complexity index is 1060. The van der Waals surface area contributed by atoms with Gasteiger partial charge in [0.05, 0.1) is 20.8 Å². The minimum absolute atomic E-state index is 0.00184. The number of piperidine rings is 1. The zero-order valence-electron chi connectivity index (χ0n) is 18.0. The molecule has 0 spiro atoms. The predicted octanol–water partition coefficient (Wildman–Crippen LogP) is 3.08. The molecule has 0 bridgehead atoms. The number of sulfonamides is 1. The van der Waals surface area contributed by atoms with Gasteiger partial charge in [0.25, 0.3) is 0 Å². The van der Waals surface area contributed by atoms with Gasteiger partial charge in [-0.15, -0.1) is 0 Å². The van der Waals surface area contributed by atoms with Crippen molar-refractivity contribution in [1.82, 2.24) is 4.31 Å². The number of primary amides is 1. The van der Waals surface area contributed by atoms with E-state index in [0.717, 1.165) is 0 Å². The molecule has 1 saturated heterocycles. The van der Waals surface area contributed by atoms with Gasteiger partial charge in [-0.2, -0.15) is 4.31 Å². The van der Waals surface area contributed by atoms with Gasteiger partial charge in [-0.05, 0) is 49.2 Å². The van der Waals surface area contributed by atoms with E-state index < -0.39 is 21.3 Å². The van der Waals surface area contributed by atoms with E-state index in [0.29, 0.717) is 35.9 Å². The van der Waals surface area contributed by atoms with Crippen LogP contribution in [0.2, 0.25) is 5.02 Å². The van der Waals surface area contributed by atoms with Crippen LogP contribution in [0.5, 0.6) is 17.2 Å². The molecule has 0 aromatic heterocycles. The lowest BCUT2D eigenvalue weighted by Gasteiger charge is -2.41. The molecular weight excluding hydrogens is 456 g/mol. The molecule has 0 radical (unpaired) electrons. The summed E-state index contributed by atoms with van der Waals surface area (Å²) < 4.78 is 44.8. The Kier molecular flexibility index (Phi) is 7.53. The highest BCUT2D eigenvalue weighted by molar-refractivity contribution is 7.89. The van der Waals surface area contributed by atoms with E-state index in [4.69, 9.17) is 31.5 Å². The van der Waals surface area contributed by atoms with Gasteiger partial charge >= 0.3 is 0 Å². The molecule has 0 aliphatic carbocycles. The highest BCUT2D eigenvalue weighted by atomic mass is 35.5. The second-order valence-corrected chi connectivity index (χ2v) is 10.2. The number of nitrogens with two attached hydrogens (primary N) is 1. The first-order chi connectivity index (χ1) is 15.2. The second-order valence-electron chi connectivity index (χ2n) is 7.84. The standard InChI is InChI=1S/C22H27ClN2O6S/c1-29-18-8-9-19(30-2)20(12-18)32(27,28)25-11-3-10-22(14-25,13-21(24)26)15-31-17-6-4-16(23)5-7-17/h4-9,12H,3,10-11,13-15H2,1-2H3,(H2,24,26)/t22-/m1/s1. The summed E-state index contributed by atoms with van der Waals surface area (Å²) in [4.78, 5) is 11.9. The van der Waals surface area contributed by atoms with Crippen LogP contribution in [-0.4, -0.2) is 52.5 Å². The van der Waals surface area contributed by atoms with E-state index >= 15 is 0 Å². The number of ether oxygens (including phenoxy) is 3. The van der Waals surface area contributed by atoms with Crippen molar-refractivity contribution in [2.45, 2.75) is 24.2 Å². The molecule has 1 atom stereocenters. The zero-order valence-corrected chi connectivity index (χ0v) is 19.6. The molecule has 32 heavy (non-hydrogen) atoms. The normalized spacial score (nSPS) is 19.3. The molecule has 0 saturated carbocycles. The summed E-state index contributed by atoms with van der Waals surface area (Å²) in [5.41, 5.74) is 4.77. The van der Waals surface area contributed by atoms with Gasteiger partial charge in [0.2, 0.25) is 15.9 Å². The average Bonchev–Trinajstić information content (AvgIpc) is 2.78. The van der Waals surface area contributed by atoms with Gasteiger partial charge in [-0.3, -0.25) is 4.79 Å². The number of methoxy groups -OCH3 is 2. The predicted molar refractivity (Wildman–Crippen MR) is 121 cm³/mol. The van der Waals surface area contributed by atoms with Gasteiger partial charge < -0.3 is 19.9 Å². The van der Waals surface area contributed by atoms with E-state index in [1.807, 2.05) is 0 Å². The summed E-state index contributed by atoms with van der Waals surface area (Å²) in [7, 11) is -1.06. The molecule has 1 fully saturated rings. The summed E-state index contributed by atoms with van der Waals surface area (Å²) in [5.74, 6) is 0.681. The highest BCUT2D eigenvalue weighted by Gasteiger charge is 2.42. The Morgan fingerprint density at radius 1 is 1.12 bits per heavy atom. The van der Waals surface area contributed by atoms with Crippen molar-refractivity contribution in [2.75, 3.05) is 33.9 Å². The fraction of sp³-hybridized carbons (Fsp3) is 0.409. The van der Waals surface area contributed by atoms with E-state index in [9.17, 15) is 13.2 Å². The summed E-state index contributed by atoms with van der Waals surface area (Å²) in [6, 6.07) is 11.5. The maximum Gasteiger partial charge on any atom is 0.246 e. The minimum atomic E-state index is -3.93. The molecule has 1 aliphatic rings. The Morgan fingerprint density at radius 3 is 2.44 bits per heavy atom. The van der Waals surface area contributed by atoms with Gasteiger partial charge in [-0.1, -0.05) is 11.6 Å². The number of nitrogens with zero attached hydrogens (tertiary/aromatic N) is 1. The topological polar surface area (TPSA) is 108 Å². The SMILES string of the molecule is COc1ccc(OC)c(S(=O)(=O)N2CCC[C@@](COc3ccc(Cl)cc3)(CC(N)=O)C2)c1. The van der Waals surface area contributed by atoms with Crippen molar-refractivity contribution >= 4 is 27.5 Å². The minimum Gasteiger partial charge on any atom is -0.497 e. The van der Waals surface area contributed by atoms with E-state index in [2.05, 4.69) is 0 Å². The third kappa shape index (κ3) is 5.46. The Balaban J connectivity index is 1.89. The average molecular weight is 483 g/mol. The molecule has 1 heterocycles. The van der Waals surface area contributed by atoms with Crippen LogP contribution >= 0.6 is 11.6 Å². The smallest absolute Gasteiger partial charge is 0.246 e. The van der Waals surface area contributed by atoms with Crippen molar-refractivity contribution in [3.8, 4) is 17.2 Å². The van der Waals surface area contributed by atoms with E-state index in [1.54, 1.807) is 36.4 Å². The number of carbonyl (C=O) groups is 1. The van der Waals surface area contributed by atoms with Crippen LogP contribution in [0.4, 0.5) is 0 Å². The van der Waals surface area contributed by atoms with Crippen molar-refractivity contribution in [3.05, 3.63) is 47.5 Å². The monoisotopic (exact) mass is 482 g/mol. The van der Waals surface area contributed by atoms with E-state index in [-0.39, 0.29) is 30.2 Å². The first-order valence-corrected chi connectivity index (χ1v) is 11.9. The van der Waals surface area contributed by atoms with Gasteiger partial charge in [-0.25, -0.2) is 8.42 Å². The second kappa shape index (κ2) is 9.97. The molecular formula is C22H27ClN2O6S. The number of hydrogen-bond donors (Lipinski definition) is 1. The van der Waals surface area contributed by atoms with Crippen LogP contribution < -0.4 is 19.9 Å². The van der Waals surface area contributed by atoms with Crippen LogP contribution in [-0.2, 0) is 14.8 Å². The van der Waals surface area contributed by atoms with Gasteiger partial charge in [0.15, 0.2) is 0 Å². The van der Waals surface area contributed by atoms with Crippen molar-refractivity contribution in [1.29, 1.82) is 0 Å². The number of rotatable bonds is 9. The summed E-state index contributed by atoms with van der Waals surface area (Å²) in [5, 5.41) is 0.575. The van der Waals surface area contributed by atoms with Crippen LogP contribution in [0, 0.1) is 5.41 Å². The summed E-state index contributed by atoms with van der Waals surface area (Å²) >= 11 is 5.92. The number of benzene rings is 2. The van der Waals surface area contributed by atoms with Gasteiger partial charge in [0.1, 0.15) is 22.1 Å². The maximum atomic E-state index is 13.5. The number of halogens is 1. The molecule has 1 aliphatic heterocycles. The quantitative estimate of drug-likeness (QED) is 0.588. The molecule has 2 N–H and O–H groups in total. The Labute approximate surface area is 193 Å². The lowest BCUT2D eigenvalue weighted by atomic mass is 9.78. The van der Waals surface area contributed by atoms with Gasteiger partial charge in [0, 0.05) is 36.0 Å². The van der Waals surface area contributed by atoms with Crippen LogP contribution in [0.15, 0.2) is 47.4 Å². The lowest BCUT2D eigenvalue weighted by molar-refractivity contribution is -0.121. The Hall–Kier alpha value is -2.49. The Morgan fingerprint density at radius 2 is 1.81 bits per heavy atom. The highest BCUT2D eigenvalue weighted by Crippen LogP contribution is 2.39. The van der Waals surface area contributed by atoms with Crippen LogP contribution in [0.3, 0.4) is 0 Å². The largest absolute Gasteiger partial charge is 0.497 e. The number of carbonyl (C=O) groups excluding carboxylic acids is 1. The molecule has 2 aromatic rings.